The number of ether oxygens (including phenoxy) is 2. The number of pyridine rings is 1. The lowest BCUT2D eigenvalue weighted by Gasteiger charge is -2.30. The van der Waals surface area contributed by atoms with Crippen molar-refractivity contribution in [1.29, 1.82) is 0 Å². The van der Waals surface area contributed by atoms with Crippen molar-refractivity contribution in [1.82, 2.24) is 9.88 Å². The smallest absolute Gasteiger partial charge is 0.295 e. The molecule has 3 aromatic rings. The molecule has 190 valence electrons. The molecule has 1 N–H and O–H groups in total. The van der Waals surface area contributed by atoms with Gasteiger partial charge >= 0.3 is 0 Å². The van der Waals surface area contributed by atoms with Gasteiger partial charge in [-0.15, -0.1) is 0 Å². The van der Waals surface area contributed by atoms with Crippen LogP contribution in [-0.2, 0) is 20.9 Å². The zero-order valence-electron chi connectivity index (χ0n) is 20.5. The Bertz CT molecular complexity index is 1260. The molecule has 1 aromatic heterocycles. The van der Waals surface area contributed by atoms with Crippen molar-refractivity contribution >= 4 is 17.4 Å². The Morgan fingerprint density at radius 2 is 1.78 bits per heavy atom. The van der Waals surface area contributed by atoms with Crippen molar-refractivity contribution in [3.8, 4) is 5.75 Å². The van der Waals surface area contributed by atoms with Crippen LogP contribution in [0.2, 0.25) is 0 Å². The SMILES string of the molecule is O=C1C(=O)N(CC[NH+]2CCOCC2)C(c2cccnc2)C1=C([O-])c1ccc(OCc2ccccc2)cc1. The number of carbonyl (C=O) groups is 2. The molecule has 1 amide bonds. The third-order valence-corrected chi connectivity index (χ3v) is 6.80. The van der Waals surface area contributed by atoms with Gasteiger partial charge in [0.25, 0.3) is 5.91 Å². The van der Waals surface area contributed by atoms with Gasteiger partial charge in [0.05, 0.1) is 32.3 Å². The lowest BCUT2D eigenvalue weighted by atomic mass is 9.96. The van der Waals surface area contributed by atoms with Crippen LogP contribution >= 0.6 is 0 Å². The highest BCUT2D eigenvalue weighted by Gasteiger charge is 2.44. The van der Waals surface area contributed by atoms with Gasteiger partial charge in [-0.2, -0.15) is 0 Å². The molecule has 2 aromatic carbocycles. The molecule has 3 heterocycles. The van der Waals surface area contributed by atoms with Gasteiger partial charge in [-0.3, -0.25) is 14.6 Å². The Labute approximate surface area is 215 Å². The molecule has 5 rings (SSSR count). The number of benzene rings is 2. The normalized spacial score (nSPS) is 19.8. The van der Waals surface area contributed by atoms with E-state index in [1.807, 2.05) is 30.3 Å². The number of nitrogens with zero attached hydrogens (tertiary/aromatic N) is 2. The van der Waals surface area contributed by atoms with Crippen molar-refractivity contribution in [3.63, 3.8) is 0 Å². The van der Waals surface area contributed by atoms with Crippen LogP contribution in [0.4, 0.5) is 0 Å². The standard InChI is InChI=1S/C29H29N3O5/c33-27(22-8-10-24(11-9-22)37-20-21-5-2-1-3-6-21)25-26(23-7-4-12-30-19-23)32(29(35)28(25)34)14-13-31-15-17-36-18-16-31/h1-12,19,26,33H,13-18,20H2. The highest BCUT2D eigenvalue weighted by atomic mass is 16.5. The first-order valence-electron chi connectivity index (χ1n) is 12.5. The van der Waals surface area contributed by atoms with Gasteiger partial charge < -0.3 is 24.4 Å². The third-order valence-electron chi connectivity index (χ3n) is 6.80. The van der Waals surface area contributed by atoms with E-state index in [0.717, 1.165) is 18.7 Å². The van der Waals surface area contributed by atoms with Crippen LogP contribution in [0.5, 0.6) is 5.75 Å². The number of Topliss-reactive ketones (excluding diaryl/α,β-unsaturated/α-hetero) is 1. The zero-order chi connectivity index (χ0) is 25.6. The fourth-order valence-electron chi connectivity index (χ4n) is 4.77. The Morgan fingerprint density at radius 1 is 1.03 bits per heavy atom. The number of morpholine rings is 1. The minimum atomic E-state index is -0.768. The summed E-state index contributed by atoms with van der Waals surface area (Å²) in [5.41, 5.74) is 1.97. The van der Waals surface area contributed by atoms with Crippen LogP contribution < -0.4 is 14.7 Å². The fourth-order valence-corrected chi connectivity index (χ4v) is 4.77. The van der Waals surface area contributed by atoms with Crippen molar-refractivity contribution in [2.75, 3.05) is 39.4 Å². The number of carbonyl (C=O) groups excluding carboxylic acids is 2. The molecule has 8 nitrogen and oxygen atoms in total. The summed E-state index contributed by atoms with van der Waals surface area (Å²) >= 11 is 0. The number of amides is 1. The summed E-state index contributed by atoms with van der Waals surface area (Å²) in [6.07, 6.45) is 3.24. The van der Waals surface area contributed by atoms with Crippen LogP contribution in [0.25, 0.3) is 5.76 Å². The topological polar surface area (TPSA) is 96.2 Å². The summed E-state index contributed by atoms with van der Waals surface area (Å²) in [4.78, 5) is 33.3. The minimum absolute atomic E-state index is 0.0343. The second-order valence-corrected chi connectivity index (χ2v) is 9.17. The molecule has 2 aliphatic rings. The monoisotopic (exact) mass is 499 g/mol. The molecule has 8 heteroatoms. The van der Waals surface area contributed by atoms with E-state index in [4.69, 9.17) is 9.47 Å². The molecular formula is C29H29N3O5. The van der Waals surface area contributed by atoms with Crippen molar-refractivity contribution < 1.29 is 29.1 Å². The van der Waals surface area contributed by atoms with Crippen LogP contribution in [0.3, 0.4) is 0 Å². The number of aromatic nitrogens is 1. The van der Waals surface area contributed by atoms with Gasteiger partial charge in [-0.05, 0) is 34.9 Å². The number of hydrogen-bond acceptors (Lipinski definition) is 6. The molecule has 2 fully saturated rings. The molecule has 0 radical (unpaired) electrons. The molecule has 0 spiro atoms. The quantitative estimate of drug-likeness (QED) is 0.280. The van der Waals surface area contributed by atoms with E-state index in [1.54, 1.807) is 48.8 Å². The van der Waals surface area contributed by atoms with Gasteiger partial charge in [-0.25, -0.2) is 0 Å². The van der Waals surface area contributed by atoms with Crippen molar-refractivity contribution in [2.45, 2.75) is 12.6 Å². The van der Waals surface area contributed by atoms with E-state index in [0.29, 0.717) is 49.8 Å². The van der Waals surface area contributed by atoms with Crippen LogP contribution in [0, 0.1) is 0 Å². The molecular weight excluding hydrogens is 470 g/mol. The largest absolute Gasteiger partial charge is 0.872 e. The van der Waals surface area contributed by atoms with E-state index in [2.05, 4.69) is 4.98 Å². The fraction of sp³-hybridized carbons (Fsp3) is 0.276. The van der Waals surface area contributed by atoms with E-state index in [1.165, 1.54) is 9.80 Å². The maximum atomic E-state index is 13.6. The van der Waals surface area contributed by atoms with Gasteiger partial charge in [0, 0.05) is 18.0 Å². The highest BCUT2D eigenvalue weighted by Crippen LogP contribution is 2.38. The number of nitrogens with one attached hydrogen (secondary N) is 1. The van der Waals surface area contributed by atoms with Gasteiger partial charge in [0.15, 0.2) is 0 Å². The molecule has 0 saturated carbocycles. The van der Waals surface area contributed by atoms with Crippen LogP contribution in [0.1, 0.15) is 22.7 Å². The number of ketones is 1. The first kappa shape index (κ1) is 24.7. The molecule has 0 aliphatic carbocycles. The second-order valence-electron chi connectivity index (χ2n) is 9.17. The zero-order valence-corrected chi connectivity index (χ0v) is 20.5. The summed E-state index contributed by atoms with van der Waals surface area (Å²) < 4.78 is 11.2. The number of likely N-dealkylation sites (tertiary alicyclic amines) is 1. The third kappa shape index (κ3) is 5.55. The Kier molecular flexibility index (Phi) is 7.58. The Morgan fingerprint density at radius 3 is 2.49 bits per heavy atom. The summed E-state index contributed by atoms with van der Waals surface area (Å²) in [6.45, 7) is 4.49. The van der Waals surface area contributed by atoms with E-state index < -0.39 is 23.5 Å². The van der Waals surface area contributed by atoms with E-state index in [9.17, 15) is 14.7 Å². The molecule has 2 aliphatic heterocycles. The molecule has 37 heavy (non-hydrogen) atoms. The Balaban J connectivity index is 1.40. The maximum Gasteiger partial charge on any atom is 0.295 e. The average Bonchev–Trinajstić information content (AvgIpc) is 3.21. The second kappa shape index (κ2) is 11.4. The van der Waals surface area contributed by atoms with E-state index >= 15 is 0 Å². The summed E-state index contributed by atoms with van der Waals surface area (Å²) in [7, 11) is 0. The van der Waals surface area contributed by atoms with Crippen molar-refractivity contribution in [2.24, 2.45) is 0 Å². The van der Waals surface area contributed by atoms with Gasteiger partial charge in [0.2, 0.25) is 5.78 Å². The number of quaternary nitrogens is 1. The lowest BCUT2D eigenvalue weighted by Crippen LogP contribution is -3.14. The molecule has 1 atom stereocenters. The number of hydrogen-bond donors (Lipinski definition) is 1. The summed E-state index contributed by atoms with van der Waals surface area (Å²) in [5.74, 6) is -1.24. The van der Waals surface area contributed by atoms with Gasteiger partial charge in [0.1, 0.15) is 25.4 Å². The predicted octanol–water partition coefficient (Wildman–Crippen LogP) is 0.800. The first-order valence-corrected chi connectivity index (χ1v) is 12.5. The number of rotatable bonds is 8. The molecule has 2 saturated heterocycles. The first-order chi connectivity index (χ1) is 18.1. The maximum absolute atomic E-state index is 13.6. The van der Waals surface area contributed by atoms with Crippen LogP contribution in [0.15, 0.2) is 84.7 Å². The van der Waals surface area contributed by atoms with E-state index in [-0.39, 0.29) is 5.57 Å². The Hall–Kier alpha value is -4.01. The predicted molar refractivity (Wildman–Crippen MR) is 134 cm³/mol. The molecule has 0 bridgehead atoms. The lowest BCUT2D eigenvalue weighted by molar-refractivity contribution is -0.907. The van der Waals surface area contributed by atoms with Gasteiger partial charge in [-0.1, -0.05) is 54.3 Å². The van der Waals surface area contributed by atoms with Crippen molar-refractivity contribution in [3.05, 3.63) is 101 Å². The minimum Gasteiger partial charge on any atom is -0.872 e. The average molecular weight is 500 g/mol. The summed E-state index contributed by atoms with van der Waals surface area (Å²) in [5, 5.41) is 13.6. The summed E-state index contributed by atoms with van der Waals surface area (Å²) in [6, 6.07) is 19.2. The molecule has 1 unspecified atom stereocenters. The van der Waals surface area contributed by atoms with Crippen LogP contribution in [-0.4, -0.2) is 61.0 Å². The highest BCUT2D eigenvalue weighted by molar-refractivity contribution is 6.46.